The maximum atomic E-state index is 12.1. The molecule has 0 saturated heterocycles. The Balaban J connectivity index is 2.83. The first-order valence-corrected chi connectivity index (χ1v) is 7.74. The predicted molar refractivity (Wildman–Crippen MR) is 75.6 cm³/mol. The van der Waals surface area contributed by atoms with Crippen molar-refractivity contribution in [3.05, 3.63) is 28.8 Å². The molecule has 7 heteroatoms. The molecule has 1 unspecified atom stereocenters. The van der Waals surface area contributed by atoms with Gasteiger partial charge in [0, 0.05) is 26.8 Å². The molecule has 108 valence electrons. The first kappa shape index (κ1) is 16.4. The zero-order valence-corrected chi connectivity index (χ0v) is 12.6. The summed E-state index contributed by atoms with van der Waals surface area (Å²) in [4.78, 5) is 0.0657. The molecule has 0 radical (unpaired) electrons. The fourth-order valence-corrected chi connectivity index (χ4v) is 3.29. The smallest absolute Gasteiger partial charge is 0.242 e. The van der Waals surface area contributed by atoms with Crippen LogP contribution in [-0.4, -0.2) is 28.7 Å². The Morgan fingerprint density at radius 3 is 2.68 bits per heavy atom. The Morgan fingerprint density at radius 2 is 2.16 bits per heavy atom. The number of nitrogens with two attached hydrogens (primary N) is 1. The van der Waals surface area contributed by atoms with E-state index in [-0.39, 0.29) is 15.8 Å². The number of nitrogens with one attached hydrogen (secondary N) is 1. The van der Waals surface area contributed by atoms with Gasteiger partial charge in [-0.05, 0) is 23.6 Å². The molecule has 0 heterocycles. The summed E-state index contributed by atoms with van der Waals surface area (Å²) in [5.74, 6) is 0.0851. The van der Waals surface area contributed by atoms with Crippen LogP contribution in [-0.2, 0) is 21.3 Å². The quantitative estimate of drug-likeness (QED) is 0.797. The Hall–Kier alpha value is -0.660. The van der Waals surface area contributed by atoms with Gasteiger partial charge in [-0.15, -0.1) is 0 Å². The van der Waals surface area contributed by atoms with E-state index in [4.69, 9.17) is 22.1 Å². The second kappa shape index (κ2) is 7.21. The molecule has 3 N–H and O–H groups in total. The number of ether oxygens (including phenoxy) is 1. The van der Waals surface area contributed by atoms with E-state index in [0.29, 0.717) is 19.7 Å². The summed E-state index contributed by atoms with van der Waals surface area (Å²) in [5.41, 5.74) is 6.26. The van der Waals surface area contributed by atoms with Crippen molar-refractivity contribution in [2.24, 2.45) is 11.7 Å². The lowest BCUT2D eigenvalue weighted by Gasteiger charge is -2.13. The van der Waals surface area contributed by atoms with Gasteiger partial charge in [0.25, 0.3) is 0 Å². The number of benzene rings is 1. The van der Waals surface area contributed by atoms with Gasteiger partial charge < -0.3 is 10.5 Å². The summed E-state index contributed by atoms with van der Waals surface area (Å²) in [6.07, 6.45) is 0. The minimum absolute atomic E-state index is 0.0657. The van der Waals surface area contributed by atoms with Crippen LogP contribution in [0.3, 0.4) is 0 Å². The lowest BCUT2D eigenvalue weighted by atomic mass is 10.2. The molecule has 19 heavy (non-hydrogen) atoms. The van der Waals surface area contributed by atoms with Crippen molar-refractivity contribution in [1.29, 1.82) is 0 Å². The van der Waals surface area contributed by atoms with Gasteiger partial charge in [-0.2, -0.15) is 0 Å². The molecule has 0 amide bonds. The number of rotatable bonds is 7. The van der Waals surface area contributed by atoms with Gasteiger partial charge >= 0.3 is 0 Å². The van der Waals surface area contributed by atoms with Crippen LogP contribution in [0.5, 0.6) is 0 Å². The van der Waals surface area contributed by atoms with Gasteiger partial charge in [-0.25, -0.2) is 13.1 Å². The van der Waals surface area contributed by atoms with Crippen LogP contribution in [0.1, 0.15) is 12.5 Å². The van der Waals surface area contributed by atoms with E-state index in [1.807, 2.05) is 6.92 Å². The second-order valence-electron chi connectivity index (χ2n) is 4.38. The Labute approximate surface area is 119 Å². The van der Waals surface area contributed by atoms with Gasteiger partial charge in [0.15, 0.2) is 0 Å². The van der Waals surface area contributed by atoms with Crippen molar-refractivity contribution in [3.63, 3.8) is 0 Å². The Bertz CT molecular complexity index is 520. The molecule has 0 aromatic heterocycles. The van der Waals surface area contributed by atoms with Crippen LogP contribution >= 0.6 is 11.6 Å². The summed E-state index contributed by atoms with van der Waals surface area (Å²) < 4.78 is 31.7. The van der Waals surface area contributed by atoms with Gasteiger partial charge in [0.05, 0.1) is 5.02 Å². The summed E-state index contributed by atoms with van der Waals surface area (Å²) in [6, 6.07) is 4.68. The first-order valence-electron chi connectivity index (χ1n) is 5.87. The highest BCUT2D eigenvalue weighted by molar-refractivity contribution is 7.89. The molecule has 0 saturated carbocycles. The third-order valence-corrected chi connectivity index (χ3v) is 4.50. The highest BCUT2D eigenvalue weighted by atomic mass is 35.5. The molecule has 0 aliphatic carbocycles. The van der Waals surface area contributed by atoms with E-state index < -0.39 is 10.0 Å². The van der Waals surface area contributed by atoms with Crippen LogP contribution < -0.4 is 10.5 Å². The van der Waals surface area contributed by atoms with Crippen LogP contribution in [0.25, 0.3) is 0 Å². The van der Waals surface area contributed by atoms with Crippen LogP contribution in [0.2, 0.25) is 5.02 Å². The Kier molecular flexibility index (Phi) is 6.22. The van der Waals surface area contributed by atoms with E-state index in [0.717, 1.165) is 5.56 Å². The number of hydrogen-bond donors (Lipinski definition) is 2. The molecule has 1 aromatic rings. The van der Waals surface area contributed by atoms with E-state index in [1.165, 1.54) is 6.07 Å². The average molecular weight is 307 g/mol. The lowest BCUT2D eigenvalue weighted by Crippen LogP contribution is -2.30. The molecule has 1 aromatic carbocycles. The lowest BCUT2D eigenvalue weighted by molar-refractivity contribution is 0.161. The van der Waals surface area contributed by atoms with Crippen molar-refractivity contribution in [1.82, 2.24) is 4.72 Å². The van der Waals surface area contributed by atoms with Crippen LogP contribution in [0.4, 0.5) is 0 Å². The van der Waals surface area contributed by atoms with Gasteiger partial charge in [0.1, 0.15) is 4.90 Å². The van der Waals surface area contributed by atoms with E-state index in [1.54, 1.807) is 19.2 Å². The van der Waals surface area contributed by atoms with E-state index in [2.05, 4.69) is 4.72 Å². The average Bonchev–Trinajstić information content (AvgIpc) is 2.36. The molecular weight excluding hydrogens is 288 g/mol. The molecule has 0 aliphatic heterocycles. The number of methoxy groups -OCH3 is 1. The minimum Gasteiger partial charge on any atom is -0.384 e. The van der Waals surface area contributed by atoms with Gasteiger partial charge in [-0.3, -0.25) is 0 Å². The molecular formula is C12H19ClN2O3S. The maximum absolute atomic E-state index is 12.1. The third kappa shape index (κ3) is 4.74. The van der Waals surface area contributed by atoms with Crippen molar-refractivity contribution in [2.45, 2.75) is 18.4 Å². The minimum atomic E-state index is -3.61. The molecule has 0 bridgehead atoms. The number of hydrogen-bond acceptors (Lipinski definition) is 4. The van der Waals surface area contributed by atoms with Crippen molar-refractivity contribution >= 4 is 21.6 Å². The van der Waals surface area contributed by atoms with Gasteiger partial charge in [-0.1, -0.05) is 24.6 Å². The SMILES string of the molecule is COCC(C)CNS(=O)(=O)c1ccc(CN)cc1Cl. The van der Waals surface area contributed by atoms with Crippen molar-refractivity contribution < 1.29 is 13.2 Å². The monoisotopic (exact) mass is 306 g/mol. The zero-order chi connectivity index (χ0) is 14.5. The first-order chi connectivity index (χ1) is 8.90. The fourth-order valence-electron chi connectivity index (χ4n) is 1.56. The molecule has 1 atom stereocenters. The predicted octanol–water partition coefficient (Wildman–Crippen LogP) is 1.36. The summed E-state index contributed by atoms with van der Waals surface area (Å²) in [7, 11) is -2.03. The molecule has 0 spiro atoms. The second-order valence-corrected chi connectivity index (χ2v) is 6.52. The Morgan fingerprint density at radius 1 is 1.47 bits per heavy atom. The van der Waals surface area contributed by atoms with Gasteiger partial charge in [0.2, 0.25) is 10.0 Å². The zero-order valence-electron chi connectivity index (χ0n) is 11.0. The summed E-state index contributed by atoms with van der Waals surface area (Å²) >= 11 is 5.97. The summed E-state index contributed by atoms with van der Waals surface area (Å²) in [5, 5.41) is 0.176. The molecule has 1 rings (SSSR count). The van der Waals surface area contributed by atoms with Crippen molar-refractivity contribution in [3.8, 4) is 0 Å². The standard InChI is InChI=1S/C12H19ClN2O3S/c1-9(8-18-2)7-15-19(16,17)12-4-3-10(6-14)5-11(12)13/h3-5,9,15H,6-8,14H2,1-2H3. The molecule has 0 aliphatic rings. The normalized spacial score (nSPS) is 13.5. The summed E-state index contributed by atoms with van der Waals surface area (Å²) in [6.45, 7) is 3.00. The molecule has 5 nitrogen and oxygen atoms in total. The van der Waals surface area contributed by atoms with E-state index in [9.17, 15) is 8.42 Å². The topological polar surface area (TPSA) is 81.4 Å². The van der Waals surface area contributed by atoms with Crippen molar-refractivity contribution in [2.75, 3.05) is 20.3 Å². The molecule has 0 fully saturated rings. The van der Waals surface area contributed by atoms with Crippen LogP contribution in [0.15, 0.2) is 23.1 Å². The van der Waals surface area contributed by atoms with Crippen LogP contribution in [0, 0.1) is 5.92 Å². The highest BCUT2D eigenvalue weighted by Crippen LogP contribution is 2.22. The largest absolute Gasteiger partial charge is 0.384 e. The third-order valence-electron chi connectivity index (χ3n) is 2.59. The number of sulfonamides is 1. The number of halogens is 1. The van der Waals surface area contributed by atoms with E-state index >= 15 is 0 Å². The maximum Gasteiger partial charge on any atom is 0.242 e. The fraction of sp³-hybridized carbons (Fsp3) is 0.500. The highest BCUT2D eigenvalue weighted by Gasteiger charge is 2.18.